The molecule has 1 aliphatic rings. The third-order valence-corrected chi connectivity index (χ3v) is 5.39. The predicted molar refractivity (Wildman–Crippen MR) is 105 cm³/mol. The van der Waals surface area contributed by atoms with Crippen molar-refractivity contribution in [3.05, 3.63) is 48.0 Å². The Morgan fingerprint density at radius 1 is 0.933 bits per heavy atom. The van der Waals surface area contributed by atoms with E-state index in [1.165, 1.54) is 6.07 Å². The SMILES string of the molecule is Oc1cc(C(F)(F)F)ccc1-c1nnc(N[C@@H]2CC[C@H](O)[C@@H](O)C2)c2ccccc12. The van der Waals surface area contributed by atoms with E-state index in [9.17, 15) is 28.5 Å². The van der Waals surface area contributed by atoms with Gasteiger partial charge in [-0.1, -0.05) is 24.3 Å². The third kappa shape index (κ3) is 3.90. The van der Waals surface area contributed by atoms with Gasteiger partial charge in [-0.15, -0.1) is 10.2 Å². The highest BCUT2D eigenvalue weighted by Gasteiger charge is 2.32. The van der Waals surface area contributed by atoms with Crippen molar-refractivity contribution in [2.24, 2.45) is 0 Å². The highest BCUT2D eigenvalue weighted by Crippen LogP contribution is 2.39. The van der Waals surface area contributed by atoms with Crippen LogP contribution < -0.4 is 5.32 Å². The summed E-state index contributed by atoms with van der Waals surface area (Å²) in [6.07, 6.45) is -4.65. The third-order valence-electron chi connectivity index (χ3n) is 5.39. The summed E-state index contributed by atoms with van der Waals surface area (Å²) in [7, 11) is 0. The van der Waals surface area contributed by atoms with E-state index in [0.717, 1.165) is 6.07 Å². The zero-order valence-corrected chi connectivity index (χ0v) is 15.8. The number of benzene rings is 2. The van der Waals surface area contributed by atoms with Crippen molar-refractivity contribution in [2.45, 2.75) is 43.7 Å². The van der Waals surface area contributed by atoms with Crippen LogP contribution in [0.3, 0.4) is 0 Å². The number of aliphatic hydroxyl groups excluding tert-OH is 2. The molecule has 3 atom stereocenters. The van der Waals surface area contributed by atoms with Crippen LogP contribution in [0.4, 0.5) is 19.0 Å². The molecule has 6 nitrogen and oxygen atoms in total. The number of alkyl halides is 3. The van der Waals surface area contributed by atoms with Gasteiger partial charge in [-0.25, -0.2) is 0 Å². The topological polar surface area (TPSA) is 98.5 Å². The number of fused-ring (bicyclic) bond motifs is 1. The number of anilines is 1. The Morgan fingerprint density at radius 3 is 2.33 bits per heavy atom. The molecule has 0 spiro atoms. The molecular formula is C21H20F3N3O3. The van der Waals surface area contributed by atoms with Crippen LogP contribution in [-0.2, 0) is 6.18 Å². The number of halogens is 3. The van der Waals surface area contributed by atoms with Gasteiger partial charge in [0, 0.05) is 22.4 Å². The summed E-state index contributed by atoms with van der Waals surface area (Å²) in [5, 5.41) is 42.7. The Hall–Kier alpha value is -2.91. The van der Waals surface area contributed by atoms with Crippen molar-refractivity contribution in [2.75, 3.05) is 5.32 Å². The molecule has 0 bridgehead atoms. The standard InChI is InChI=1S/C21H20F3N3O3/c22-21(23,24)11-5-7-15(17(29)9-11)19-13-3-1-2-4-14(13)20(27-26-19)25-12-6-8-16(28)18(30)10-12/h1-5,7,9,12,16,18,28-30H,6,8,10H2,(H,25,27)/t12-,16+,18+/m1/s1. The van der Waals surface area contributed by atoms with Crippen LogP contribution in [0.2, 0.25) is 0 Å². The van der Waals surface area contributed by atoms with Crippen molar-refractivity contribution >= 4 is 16.6 Å². The molecule has 0 amide bonds. The van der Waals surface area contributed by atoms with Crippen LogP contribution in [0.15, 0.2) is 42.5 Å². The summed E-state index contributed by atoms with van der Waals surface area (Å²) in [4.78, 5) is 0. The van der Waals surface area contributed by atoms with Gasteiger partial charge in [-0.2, -0.15) is 13.2 Å². The number of nitrogens with one attached hydrogen (secondary N) is 1. The maximum absolute atomic E-state index is 12.9. The zero-order valence-electron chi connectivity index (χ0n) is 15.8. The number of aromatic nitrogens is 2. The minimum Gasteiger partial charge on any atom is -0.507 e. The highest BCUT2D eigenvalue weighted by molar-refractivity contribution is 6.00. The number of phenolic OH excluding ortho intramolecular Hbond substituents is 1. The van der Waals surface area contributed by atoms with Crippen LogP contribution in [0.25, 0.3) is 22.0 Å². The summed E-state index contributed by atoms with van der Waals surface area (Å²) in [6.45, 7) is 0. The van der Waals surface area contributed by atoms with E-state index >= 15 is 0 Å². The van der Waals surface area contributed by atoms with Crippen molar-refractivity contribution in [1.29, 1.82) is 0 Å². The lowest BCUT2D eigenvalue weighted by Crippen LogP contribution is -2.39. The predicted octanol–water partition coefficient (Wildman–Crippen LogP) is 3.71. The Morgan fingerprint density at radius 2 is 1.67 bits per heavy atom. The fourth-order valence-electron chi connectivity index (χ4n) is 3.77. The second-order valence-electron chi connectivity index (χ2n) is 7.46. The van der Waals surface area contributed by atoms with Gasteiger partial charge in [0.05, 0.1) is 17.8 Å². The van der Waals surface area contributed by atoms with Crippen LogP contribution in [0.5, 0.6) is 5.75 Å². The van der Waals surface area contributed by atoms with E-state index in [4.69, 9.17) is 0 Å². The molecular weight excluding hydrogens is 399 g/mol. The van der Waals surface area contributed by atoms with E-state index in [0.29, 0.717) is 41.9 Å². The molecule has 158 valence electrons. The maximum atomic E-state index is 12.9. The summed E-state index contributed by atoms with van der Waals surface area (Å²) in [6, 6.07) is 9.75. The van der Waals surface area contributed by atoms with E-state index in [-0.39, 0.29) is 17.3 Å². The average Bonchev–Trinajstić information content (AvgIpc) is 2.70. The van der Waals surface area contributed by atoms with Gasteiger partial charge in [0.1, 0.15) is 11.4 Å². The Kier molecular flexibility index (Phi) is 5.25. The van der Waals surface area contributed by atoms with E-state index in [1.54, 1.807) is 24.3 Å². The van der Waals surface area contributed by atoms with Crippen LogP contribution in [0, 0.1) is 0 Å². The molecule has 0 radical (unpaired) electrons. The molecule has 0 saturated heterocycles. The fourth-order valence-corrected chi connectivity index (χ4v) is 3.77. The van der Waals surface area contributed by atoms with E-state index < -0.39 is 29.7 Å². The Labute approximate surface area is 170 Å². The molecule has 4 N–H and O–H groups in total. The molecule has 1 heterocycles. The lowest BCUT2D eigenvalue weighted by atomic mass is 9.90. The molecule has 0 aliphatic heterocycles. The Bertz CT molecular complexity index is 1070. The van der Waals surface area contributed by atoms with Gasteiger partial charge in [-0.05, 0) is 37.5 Å². The second-order valence-corrected chi connectivity index (χ2v) is 7.46. The molecule has 4 rings (SSSR count). The summed E-state index contributed by atoms with van der Waals surface area (Å²) in [5.41, 5.74) is -0.534. The number of hydrogen-bond donors (Lipinski definition) is 4. The zero-order chi connectivity index (χ0) is 21.5. The number of aromatic hydroxyl groups is 1. The van der Waals surface area contributed by atoms with Crippen LogP contribution >= 0.6 is 0 Å². The van der Waals surface area contributed by atoms with E-state index in [2.05, 4.69) is 15.5 Å². The summed E-state index contributed by atoms with van der Waals surface area (Å²) in [5.74, 6) is -0.0660. The number of aliphatic hydroxyl groups is 2. The fraction of sp³-hybridized carbons (Fsp3) is 0.333. The highest BCUT2D eigenvalue weighted by atomic mass is 19.4. The minimum atomic E-state index is -4.56. The second kappa shape index (κ2) is 7.73. The monoisotopic (exact) mass is 419 g/mol. The lowest BCUT2D eigenvalue weighted by Gasteiger charge is -2.31. The molecule has 3 aromatic rings. The Balaban J connectivity index is 1.71. The first-order valence-electron chi connectivity index (χ1n) is 9.52. The molecule has 1 aliphatic carbocycles. The van der Waals surface area contributed by atoms with Gasteiger partial charge in [0.25, 0.3) is 0 Å². The van der Waals surface area contributed by atoms with Crippen molar-refractivity contribution < 1.29 is 28.5 Å². The first kappa shape index (κ1) is 20.4. The molecule has 1 aromatic heterocycles. The summed E-state index contributed by atoms with van der Waals surface area (Å²) < 4.78 is 38.7. The number of hydrogen-bond acceptors (Lipinski definition) is 6. The number of nitrogens with zero attached hydrogens (tertiary/aromatic N) is 2. The quantitative estimate of drug-likeness (QED) is 0.517. The molecule has 9 heteroatoms. The maximum Gasteiger partial charge on any atom is 0.416 e. The van der Waals surface area contributed by atoms with Gasteiger partial charge in [0.2, 0.25) is 0 Å². The van der Waals surface area contributed by atoms with Crippen molar-refractivity contribution in [1.82, 2.24) is 10.2 Å². The minimum absolute atomic E-state index is 0.105. The van der Waals surface area contributed by atoms with Gasteiger partial charge < -0.3 is 20.6 Å². The molecule has 2 aromatic carbocycles. The van der Waals surface area contributed by atoms with Crippen LogP contribution in [-0.4, -0.2) is 43.8 Å². The van der Waals surface area contributed by atoms with E-state index in [1.807, 2.05) is 0 Å². The van der Waals surface area contributed by atoms with Crippen molar-refractivity contribution in [3.63, 3.8) is 0 Å². The molecule has 0 unspecified atom stereocenters. The lowest BCUT2D eigenvalue weighted by molar-refractivity contribution is -0.137. The largest absolute Gasteiger partial charge is 0.507 e. The van der Waals surface area contributed by atoms with Gasteiger partial charge in [0.15, 0.2) is 5.82 Å². The average molecular weight is 419 g/mol. The molecule has 1 saturated carbocycles. The number of phenols is 1. The van der Waals surface area contributed by atoms with Gasteiger partial charge >= 0.3 is 6.18 Å². The van der Waals surface area contributed by atoms with Gasteiger partial charge in [-0.3, -0.25) is 0 Å². The number of rotatable bonds is 3. The molecule has 30 heavy (non-hydrogen) atoms. The van der Waals surface area contributed by atoms with Crippen LogP contribution in [0.1, 0.15) is 24.8 Å². The normalized spacial score (nSPS) is 22.2. The molecule has 1 fully saturated rings. The van der Waals surface area contributed by atoms with Crippen molar-refractivity contribution in [3.8, 4) is 17.0 Å². The first-order chi connectivity index (χ1) is 14.2. The smallest absolute Gasteiger partial charge is 0.416 e. The summed E-state index contributed by atoms with van der Waals surface area (Å²) >= 11 is 0. The first-order valence-corrected chi connectivity index (χ1v) is 9.52.